The van der Waals surface area contributed by atoms with E-state index in [-0.39, 0.29) is 24.1 Å². The molecular weight excluding hydrogens is 248 g/mol. The summed E-state index contributed by atoms with van der Waals surface area (Å²) in [6.45, 7) is 6.94. The number of aryl methyl sites for hydroxylation is 2. The van der Waals surface area contributed by atoms with Crippen LogP contribution in [0.2, 0.25) is 0 Å². The molecular formula is C13H20N2O4. The Kier molecular flexibility index (Phi) is 5.54. The van der Waals surface area contributed by atoms with Gasteiger partial charge in [0.2, 0.25) is 0 Å². The summed E-state index contributed by atoms with van der Waals surface area (Å²) in [7, 11) is 0. The van der Waals surface area contributed by atoms with Gasteiger partial charge in [0.15, 0.2) is 6.61 Å². The molecule has 1 heterocycles. The van der Waals surface area contributed by atoms with Crippen LogP contribution in [0.5, 0.6) is 0 Å². The zero-order chi connectivity index (χ0) is 14.4. The Morgan fingerprint density at radius 2 is 2.11 bits per heavy atom. The molecule has 0 aromatic carbocycles. The van der Waals surface area contributed by atoms with E-state index in [4.69, 9.17) is 9.26 Å². The second-order valence-corrected chi connectivity index (χ2v) is 4.53. The van der Waals surface area contributed by atoms with Gasteiger partial charge in [-0.1, -0.05) is 18.5 Å². The molecule has 6 heteroatoms. The largest absolute Gasteiger partial charge is 0.452 e. The van der Waals surface area contributed by atoms with Crippen LogP contribution >= 0.6 is 0 Å². The van der Waals surface area contributed by atoms with Gasteiger partial charge in [0, 0.05) is 6.04 Å². The molecule has 0 aliphatic heterocycles. The first kappa shape index (κ1) is 15.2. The molecule has 0 saturated carbocycles. The number of ether oxygens (including phenoxy) is 1. The molecule has 1 rings (SSSR count). The van der Waals surface area contributed by atoms with Gasteiger partial charge in [0.1, 0.15) is 11.3 Å². The first-order chi connectivity index (χ1) is 8.95. The number of hydrogen-bond acceptors (Lipinski definition) is 5. The molecule has 0 fully saturated rings. The highest BCUT2D eigenvalue weighted by Gasteiger charge is 2.20. The molecule has 1 N–H and O–H groups in total. The second kappa shape index (κ2) is 6.92. The van der Waals surface area contributed by atoms with E-state index < -0.39 is 5.97 Å². The Hall–Kier alpha value is -1.85. The van der Waals surface area contributed by atoms with Gasteiger partial charge in [-0.25, -0.2) is 4.79 Å². The van der Waals surface area contributed by atoms with E-state index >= 15 is 0 Å². The summed E-state index contributed by atoms with van der Waals surface area (Å²) < 4.78 is 9.81. The summed E-state index contributed by atoms with van der Waals surface area (Å²) in [6.07, 6.45) is 1.88. The van der Waals surface area contributed by atoms with Gasteiger partial charge in [-0.2, -0.15) is 0 Å². The SMILES string of the molecule is CCCC(C)NC(=O)COC(=O)c1c(C)noc1C. The summed E-state index contributed by atoms with van der Waals surface area (Å²) in [5, 5.41) is 6.42. The van der Waals surface area contributed by atoms with E-state index in [9.17, 15) is 9.59 Å². The van der Waals surface area contributed by atoms with Crippen molar-refractivity contribution in [1.82, 2.24) is 10.5 Å². The Balaban J connectivity index is 2.45. The van der Waals surface area contributed by atoms with Crippen LogP contribution in [0.25, 0.3) is 0 Å². The van der Waals surface area contributed by atoms with Crippen LogP contribution in [0.4, 0.5) is 0 Å². The summed E-state index contributed by atoms with van der Waals surface area (Å²) >= 11 is 0. The van der Waals surface area contributed by atoms with Crippen molar-refractivity contribution in [2.24, 2.45) is 0 Å². The van der Waals surface area contributed by atoms with E-state index in [1.54, 1.807) is 13.8 Å². The van der Waals surface area contributed by atoms with Gasteiger partial charge in [0.05, 0.1) is 5.69 Å². The van der Waals surface area contributed by atoms with Crippen molar-refractivity contribution in [3.63, 3.8) is 0 Å². The fourth-order valence-corrected chi connectivity index (χ4v) is 1.80. The summed E-state index contributed by atoms with van der Waals surface area (Å²) in [5.74, 6) is -0.502. The standard InChI is InChI=1S/C13H20N2O4/c1-5-6-8(2)14-11(16)7-18-13(17)12-9(3)15-19-10(12)4/h8H,5-7H2,1-4H3,(H,14,16). The minimum absolute atomic E-state index is 0.0790. The van der Waals surface area contributed by atoms with Crippen LogP contribution in [0.15, 0.2) is 4.52 Å². The van der Waals surface area contributed by atoms with Crippen molar-refractivity contribution in [2.45, 2.75) is 46.6 Å². The lowest BCUT2D eigenvalue weighted by molar-refractivity contribution is -0.124. The molecule has 1 aromatic rings. The van der Waals surface area contributed by atoms with Crippen LogP contribution in [-0.4, -0.2) is 29.7 Å². The summed E-state index contributed by atoms with van der Waals surface area (Å²) in [4.78, 5) is 23.3. The summed E-state index contributed by atoms with van der Waals surface area (Å²) in [6, 6.07) is 0.0790. The normalized spacial score (nSPS) is 12.0. The molecule has 0 saturated heterocycles. The fourth-order valence-electron chi connectivity index (χ4n) is 1.80. The van der Waals surface area contributed by atoms with Gasteiger partial charge in [-0.05, 0) is 27.2 Å². The molecule has 106 valence electrons. The average molecular weight is 268 g/mol. The van der Waals surface area contributed by atoms with Crippen LogP contribution in [-0.2, 0) is 9.53 Å². The molecule has 0 bridgehead atoms. The number of carbonyl (C=O) groups excluding carboxylic acids is 2. The van der Waals surface area contributed by atoms with Gasteiger partial charge in [0.25, 0.3) is 5.91 Å². The smallest absolute Gasteiger partial charge is 0.344 e. The van der Waals surface area contributed by atoms with E-state index in [0.29, 0.717) is 11.5 Å². The molecule has 19 heavy (non-hydrogen) atoms. The molecule has 0 radical (unpaired) electrons. The minimum Gasteiger partial charge on any atom is -0.452 e. The molecule has 1 atom stereocenters. The number of nitrogens with zero attached hydrogens (tertiary/aromatic N) is 1. The average Bonchev–Trinajstić information content (AvgIpc) is 2.66. The Bertz CT molecular complexity index is 434. The van der Waals surface area contributed by atoms with Gasteiger partial charge >= 0.3 is 5.97 Å². The highest BCUT2D eigenvalue weighted by atomic mass is 16.5. The van der Waals surface area contributed by atoms with Gasteiger partial charge < -0.3 is 14.6 Å². The number of aromatic nitrogens is 1. The van der Waals surface area contributed by atoms with Crippen LogP contribution in [0, 0.1) is 13.8 Å². The lowest BCUT2D eigenvalue weighted by Gasteiger charge is -2.12. The van der Waals surface area contributed by atoms with Crippen molar-refractivity contribution in [3.8, 4) is 0 Å². The molecule has 0 spiro atoms. The third-order valence-electron chi connectivity index (χ3n) is 2.70. The van der Waals surface area contributed by atoms with E-state index in [1.807, 2.05) is 13.8 Å². The topological polar surface area (TPSA) is 81.4 Å². The Labute approximate surface area is 112 Å². The van der Waals surface area contributed by atoms with E-state index in [0.717, 1.165) is 12.8 Å². The molecule has 1 aromatic heterocycles. The third-order valence-corrected chi connectivity index (χ3v) is 2.70. The lowest BCUT2D eigenvalue weighted by atomic mass is 10.2. The molecule has 1 unspecified atom stereocenters. The maximum Gasteiger partial charge on any atom is 0.344 e. The first-order valence-corrected chi connectivity index (χ1v) is 6.35. The van der Waals surface area contributed by atoms with Gasteiger partial charge in [-0.3, -0.25) is 4.79 Å². The lowest BCUT2D eigenvalue weighted by Crippen LogP contribution is -2.35. The number of amides is 1. The number of rotatable bonds is 6. The van der Waals surface area contributed by atoms with Crippen LogP contribution in [0.1, 0.15) is 48.5 Å². The van der Waals surface area contributed by atoms with E-state index in [1.165, 1.54) is 0 Å². The zero-order valence-electron chi connectivity index (χ0n) is 11.8. The molecule has 0 aliphatic carbocycles. The number of esters is 1. The summed E-state index contributed by atoms with van der Waals surface area (Å²) in [5.41, 5.74) is 0.747. The van der Waals surface area contributed by atoms with Crippen molar-refractivity contribution in [1.29, 1.82) is 0 Å². The van der Waals surface area contributed by atoms with Crippen LogP contribution in [0.3, 0.4) is 0 Å². The number of nitrogens with one attached hydrogen (secondary N) is 1. The highest BCUT2D eigenvalue weighted by molar-refractivity contribution is 5.93. The molecule has 0 aliphatic rings. The van der Waals surface area contributed by atoms with Gasteiger partial charge in [-0.15, -0.1) is 0 Å². The van der Waals surface area contributed by atoms with Crippen LogP contribution < -0.4 is 5.32 Å². The first-order valence-electron chi connectivity index (χ1n) is 6.35. The molecule has 1 amide bonds. The molecule has 6 nitrogen and oxygen atoms in total. The van der Waals surface area contributed by atoms with Crippen molar-refractivity contribution >= 4 is 11.9 Å². The maximum atomic E-state index is 11.8. The van der Waals surface area contributed by atoms with E-state index in [2.05, 4.69) is 10.5 Å². The minimum atomic E-state index is -0.588. The quantitative estimate of drug-likeness (QED) is 0.795. The zero-order valence-corrected chi connectivity index (χ0v) is 11.8. The predicted octanol–water partition coefficient (Wildman–Crippen LogP) is 1.75. The third kappa shape index (κ3) is 4.39. The fraction of sp³-hybridized carbons (Fsp3) is 0.615. The Morgan fingerprint density at radius 3 is 2.63 bits per heavy atom. The van der Waals surface area contributed by atoms with Crippen molar-refractivity contribution < 1.29 is 18.8 Å². The monoisotopic (exact) mass is 268 g/mol. The Morgan fingerprint density at radius 1 is 1.42 bits per heavy atom. The van der Waals surface area contributed by atoms with Crippen molar-refractivity contribution in [3.05, 3.63) is 17.0 Å². The number of hydrogen-bond donors (Lipinski definition) is 1. The second-order valence-electron chi connectivity index (χ2n) is 4.53. The predicted molar refractivity (Wildman–Crippen MR) is 68.8 cm³/mol. The van der Waals surface area contributed by atoms with Crippen molar-refractivity contribution in [2.75, 3.05) is 6.61 Å². The number of carbonyl (C=O) groups is 2. The highest BCUT2D eigenvalue weighted by Crippen LogP contribution is 2.13. The maximum absolute atomic E-state index is 11.8.